The number of fused-ring (bicyclic) bond motifs is 2. The lowest BCUT2D eigenvalue weighted by atomic mass is 10.1. The minimum atomic E-state index is -4.72. The molecule has 0 bridgehead atoms. The van der Waals surface area contributed by atoms with E-state index in [0.717, 1.165) is 10.6 Å². The summed E-state index contributed by atoms with van der Waals surface area (Å²) >= 11 is 0. The average molecular weight is 368 g/mol. The van der Waals surface area contributed by atoms with Gasteiger partial charge in [0.2, 0.25) is 5.91 Å². The fraction of sp³-hybridized carbons (Fsp3) is 0.188. The van der Waals surface area contributed by atoms with E-state index in [1.165, 1.54) is 18.2 Å². The molecule has 1 N–H and O–H groups in total. The highest BCUT2D eigenvalue weighted by molar-refractivity contribution is 5.99. The SMILES string of the molecule is O=C1Cc2cc(-n3c(C(F)F)nc4ccc(C(F)(F)F)nc43)ccc2N1. The molecule has 4 rings (SSSR count). The third kappa shape index (κ3) is 2.57. The van der Waals surface area contributed by atoms with Crippen LogP contribution < -0.4 is 5.32 Å². The molecule has 0 fully saturated rings. The van der Waals surface area contributed by atoms with E-state index in [2.05, 4.69) is 15.3 Å². The van der Waals surface area contributed by atoms with Crippen LogP contribution in [0.25, 0.3) is 16.9 Å². The largest absolute Gasteiger partial charge is 0.433 e. The molecule has 0 radical (unpaired) electrons. The first-order valence-electron chi connectivity index (χ1n) is 7.42. The lowest BCUT2D eigenvalue weighted by Crippen LogP contribution is -2.09. The first-order chi connectivity index (χ1) is 12.2. The summed E-state index contributed by atoms with van der Waals surface area (Å²) in [5.41, 5.74) is -0.363. The number of hydrogen-bond donors (Lipinski definition) is 1. The zero-order valence-corrected chi connectivity index (χ0v) is 12.8. The van der Waals surface area contributed by atoms with Crippen LogP contribution in [0.3, 0.4) is 0 Å². The van der Waals surface area contributed by atoms with E-state index in [4.69, 9.17) is 0 Å². The van der Waals surface area contributed by atoms with Crippen molar-refractivity contribution in [3.63, 3.8) is 0 Å². The molecule has 1 aromatic carbocycles. The van der Waals surface area contributed by atoms with Gasteiger partial charge in [-0.25, -0.2) is 18.7 Å². The number of pyridine rings is 1. The van der Waals surface area contributed by atoms with Gasteiger partial charge in [-0.15, -0.1) is 0 Å². The first kappa shape index (κ1) is 16.4. The van der Waals surface area contributed by atoms with Crippen molar-refractivity contribution in [3.8, 4) is 5.69 Å². The van der Waals surface area contributed by atoms with Crippen LogP contribution in [0.2, 0.25) is 0 Å². The fourth-order valence-corrected chi connectivity index (χ4v) is 2.89. The number of amides is 1. The van der Waals surface area contributed by atoms with Crippen LogP contribution in [0.5, 0.6) is 0 Å². The Labute approximate surface area is 142 Å². The summed E-state index contributed by atoms with van der Waals surface area (Å²) < 4.78 is 66.6. The molecular formula is C16H9F5N4O. The first-order valence-corrected chi connectivity index (χ1v) is 7.42. The number of aromatic nitrogens is 3. The molecule has 26 heavy (non-hydrogen) atoms. The summed E-state index contributed by atoms with van der Waals surface area (Å²) in [5, 5.41) is 2.60. The molecule has 0 aliphatic carbocycles. The number of nitrogens with one attached hydrogen (secondary N) is 1. The summed E-state index contributed by atoms with van der Waals surface area (Å²) in [6, 6.07) is 6.08. The van der Waals surface area contributed by atoms with Gasteiger partial charge in [-0.05, 0) is 35.9 Å². The Bertz CT molecular complexity index is 1040. The second-order valence-electron chi connectivity index (χ2n) is 5.71. The van der Waals surface area contributed by atoms with Crippen LogP contribution in [-0.4, -0.2) is 20.4 Å². The highest BCUT2D eigenvalue weighted by atomic mass is 19.4. The maximum Gasteiger partial charge on any atom is 0.433 e. The van der Waals surface area contributed by atoms with E-state index in [0.29, 0.717) is 17.3 Å². The molecule has 0 saturated heterocycles. The molecular weight excluding hydrogens is 359 g/mol. The normalized spacial score (nSPS) is 14.2. The summed E-state index contributed by atoms with van der Waals surface area (Å²) in [5.74, 6) is -0.969. The number of alkyl halides is 5. The van der Waals surface area contributed by atoms with Crippen molar-refractivity contribution in [3.05, 3.63) is 47.4 Å². The molecule has 1 aliphatic rings. The molecule has 0 atom stereocenters. The summed E-state index contributed by atoms with van der Waals surface area (Å²) in [6.07, 6.45) is -7.68. The molecule has 0 saturated carbocycles. The summed E-state index contributed by atoms with van der Waals surface area (Å²) in [4.78, 5) is 18.7. The number of hydrogen-bond acceptors (Lipinski definition) is 3. The zero-order valence-electron chi connectivity index (χ0n) is 12.8. The van der Waals surface area contributed by atoms with Gasteiger partial charge >= 0.3 is 6.18 Å². The molecule has 1 amide bonds. The molecule has 134 valence electrons. The second-order valence-corrected chi connectivity index (χ2v) is 5.71. The lowest BCUT2D eigenvalue weighted by Gasteiger charge is -2.11. The van der Waals surface area contributed by atoms with Gasteiger partial charge in [-0.3, -0.25) is 9.36 Å². The Hall–Kier alpha value is -3.04. The highest BCUT2D eigenvalue weighted by Gasteiger charge is 2.34. The fourth-order valence-electron chi connectivity index (χ4n) is 2.89. The number of halogens is 5. The van der Waals surface area contributed by atoms with Crippen LogP contribution in [0.15, 0.2) is 30.3 Å². The Kier molecular flexibility index (Phi) is 3.46. The minimum absolute atomic E-state index is 0.0566. The molecule has 1 aliphatic heterocycles. The van der Waals surface area contributed by atoms with Crippen molar-refractivity contribution in [2.75, 3.05) is 5.32 Å². The van der Waals surface area contributed by atoms with Gasteiger partial charge in [0, 0.05) is 11.4 Å². The smallest absolute Gasteiger partial charge is 0.326 e. The topological polar surface area (TPSA) is 59.8 Å². The predicted molar refractivity (Wildman–Crippen MR) is 81.2 cm³/mol. The third-order valence-electron chi connectivity index (χ3n) is 3.99. The number of imidazole rings is 1. The van der Waals surface area contributed by atoms with Crippen molar-refractivity contribution in [1.82, 2.24) is 14.5 Å². The Morgan fingerprint density at radius 2 is 1.88 bits per heavy atom. The number of rotatable bonds is 2. The molecule has 3 aromatic rings. The standard InChI is InChI=1S/C16H9F5N4O/c17-13(18)15-23-10-3-4-11(16(19,20)21)24-14(10)25(15)8-1-2-9-7(5-8)6-12(26)22-9/h1-5,13H,6H2,(H,22,26). The number of nitrogens with zero attached hydrogens (tertiary/aromatic N) is 3. The van der Waals surface area contributed by atoms with Gasteiger partial charge in [0.05, 0.1) is 6.42 Å². The van der Waals surface area contributed by atoms with Crippen molar-refractivity contribution in [2.45, 2.75) is 19.0 Å². The maximum absolute atomic E-state index is 13.4. The van der Waals surface area contributed by atoms with Gasteiger partial charge in [-0.2, -0.15) is 13.2 Å². The van der Waals surface area contributed by atoms with Crippen molar-refractivity contribution in [2.24, 2.45) is 0 Å². The molecule has 5 nitrogen and oxygen atoms in total. The van der Waals surface area contributed by atoms with E-state index in [9.17, 15) is 26.7 Å². The highest BCUT2D eigenvalue weighted by Crippen LogP contribution is 2.33. The van der Waals surface area contributed by atoms with Crippen LogP contribution in [-0.2, 0) is 17.4 Å². The van der Waals surface area contributed by atoms with E-state index in [1.54, 1.807) is 0 Å². The van der Waals surface area contributed by atoms with E-state index in [-0.39, 0.29) is 29.2 Å². The van der Waals surface area contributed by atoms with E-state index >= 15 is 0 Å². The van der Waals surface area contributed by atoms with Crippen LogP contribution in [0, 0.1) is 0 Å². The van der Waals surface area contributed by atoms with Gasteiger partial charge < -0.3 is 5.32 Å². The molecule has 3 heterocycles. The average Bonchev–Trinajstić information content (AvgIpc) is 3.11. The molecule has 0 unspecified atom stereocenters. The van der Waals surface area contributed by atoms with Gasteiger partial charge in [-0.1, -0.05) is 0 Å². The van der Waals surface area contributed by atoms with Crippen molar-refractivity contribution < 1.29 is 26.7 Å². The Balaban J connectivity index is 1.97. The Morgan fingerprint density at radius 1 is 1.12 bits per heavy atom. The minimum Gasteiger partial charge on any atom is -0.326 e. The van der Waals surface area contributed by atoms with E-state index in [1.807, 2.05) is 0 Å². The van der Waals surface area contributed by atoms with Crippen LogP contribution in [0.4, 0.5) is 27.6 Å². The molecule has 10 heteroatoms. The van der Waals surface area contributed by atoms with Crippen molar-refractivity contribution in [1.29, 1.82) is 0 Å². The maximum atomic E-state index is 13.4. The number of carbonyl (C=O) groups excluding carboxylic acids is 1. The summed E-state index contributed by atoms with van der Waals surface area (Å²) in [6.45, 7) is 0. The van der Waals surface area contributed by atoms with Crippen LogP contribution in [0.1, 0.15) is 23.5 Å². The van der Waals surface area contributed by atoms with Crippen molar-refractivity contribution >= 4 is 22.8 Å². The lowest BCUT2D eigenvalue weighted by molar-refractivity contribution is -0.141. The third-order valence-corrected chi connectivity index (χ3v) is 3.99. The predicted octanol–water partition coefficient (Wildman–Crippen LogP) is 3.87. The summed E-state index contributed by atoms with van der Waals surface area (Å²) in [7, 11) is 0. The Morgan fingerprint density at radius 3 is 2.58 bits per heavy atom. The van der Waals surface area contributed by atoms with Gasteiger partial charge in [0.1, 0.15) is 11.2 Å². The zero-order chi connectivity index (χ0) is 18.6. The number of anilines is 1. The molecule has 0 spiro atoms. The molecule has 2 aromatic heterocycles. The van der Waals surface area contributed by atoms with E-state index < -0.39 is 24.1 Å². The van der Waals surface area contributed by atoms with Gasteiger partial charge in [0.25, 0.3) is 6.43 Å². The van der Waals surface area contributed by atoms with Gasteiger partial charge in [0.15, 0.2) is 11.5 Å². The number of benzene rings is 1. The second kappa shape index (κ2) is 5.48. The quantitative estimate of drug-likeness (QED) is 0.699. The van der Waals surface area contributed by atoms with Crippen LogP contribution >= 0.6 is 0 Å². The monoisotopic (exact) mass is 368 g/mol. The number of carbonyl (C=O) groups is 1.